The molecule has 1 amide bonds. The molecule has 5 heteroatoms. The molecule has 3 aromatic rings. The fraction of sp³-hybridized carbons (Fsp3) is 0.200. The van der Waals surface area contributed by atoms with Gasteiger partial charge in [-0.1, -0.05) is 60.7 Å². The largest absolute Gasteiger partial charge is 0.449 e. The first kappa shape index (κ1) is 19.7. The van der Waals surface area contributed by atoms with E-state index in [9.17, 15) is 9.90 Å². The topological polar surface area (TPSA) is 82.4 Å². The van der Waals surface area contributed by atoms with E-state index in [1.165, 1.54) is 11.1 Å². The van der Waals surface area contributed by atoms with Crippen LogP contribution in [0.5, 0.6) is 0 Å². The fourth-order valence-corrected chi connectivity index (χ4v) is 4.06. The summed E-state index contributed by atoms with van der Waals surface area (Å²) < 4.78 is 5.60. The lowest BCUT2D eigenvalue weighted by Crippen LogP contribution is -2.31. The molecule has 0 saturated heterocycles. The minimum Gasteiger partial charge on any atom is -0.449 e. The molecule has 0 aliphatic heterocycles. The highest BCUT2D eigenvalue weighted by molar-refractivity contribution is 5.79. The summed E-state index contributed by atoms with van der Waals surface area (Å²) in [5.41, 5.74) is 5.92. The van der Waals surface area contributed by atoms with Crippen molar-refractivity contribution >= 4 is 6.09 Å². The van der Waals surface area contributed by atoms with Crippen LogP contribution in [0.2, 0.25) is 0 Å². The van der Waals surface area contributed by atoms with Gasteiger partial charge in [-0.15, -0.1) is 0 Å². The molecule has 0 spiro atoms. The van der Waals surface area contributed by atoms with E-state index in [1.807, 2.05) is 30.3 Å². The number of nitrogens with zero attached hydrogens (tertiary/aromatic N) is 1. The minimum atomic E-state index is -0.544. The number of aliphatic hydroxyl groups excluding tert-OH is 1. The van der Waals surface area contributed by atoms with Crippen LogP contribution in [-0.4, -0.2) is 24.4 Å². The molecule has 1 aliphatic rings. The van der Waals surface area contributed by atoms with Crippen molar-refractivity contribution in [1.82, 2.24) is 5.32 Å². The summed E-state index contributed by atoms with van der Waals surface area (Å²) in [6, 6.07) is 25.0. The first-order valence-electron chi connectivity index (χ1n) is 9.93. The maximum atomic E-state index is 12.6. The molecule has 3 aromatic carbocycles. The number of ether oxygens (including phenoxy) is 1. The Labute approximate surface area is 175 Å². The zero-order valence-corrected chi connectivity index (χ0v) is 16.4. The molecule has 1 aliphatic carbocycles. The Kier molecular flexibility index (Phi) is 5.78. The van der Waals surface area contributed by atoms with Crippen LogP contribution in [0, 0.1) is 11.3 Å². The predicted molar refractivity (Wildman–Crippen MR) is 114 cm³/mol. The number of carbonyl (C=O) groups is 1. The lowest BCUT2D eigenvalue weighted by atomic mass is 9.98. The second-order valence-electron chi connectivity index (χ2n) is 7.27. The van der Waals surface area contributed by atoms with Gasteiger partial charge in [0.05, 0.1) is 17.7 Å². The first-order valence-corrected chi connectivity index (χ1v) is 9.93. The van der Waals surface area contributed by atoms with Gasteiger partial charge in [-0.3, -0.25) is 0 Å². The van der Waals surface area contributed by atoms with E-state index < -0.39 is 12.1 Å². The monoisotopic (exact) mass is 398 g/mol. The Balaban J connectivity index is 1.47. The number of alkyl carbamates (subject to hydrolysis) is 1. The smallest absolute Gasteiger partial charge is 0.407 e. The van der Waals surface area contributed by atoms with Gasteiger partial charge in [-0.05, 0) is 46.4 Å². The molecule has 5 nitrogen and oxygen atoms in total. The Morgan fingerprint density at radius 1 is 1.03 bits per heavy atom. The van der Waals surface area contributed by atoms with Gasteiger partial charge < -0.3 is 15.2 Å². The lowest BCUT2D eigenvalue weighted by molar-refractivity contribution is 0.136. The second-order valence-corrected chi connectivity index (χ2v) is 7.27. The van der Waals surface area contributed by atoms with Gasteiger partial charge in [0.25, 0.3) is 0 Å². The number of carbonyl (C=O) groups excluding carboxylic acids is 1. The van der Waals surface area contributed by atoms with Crippen LogP contribution < -0.4 is 5.32 Å². The number of nitriles is 1. The SMILES string of the molecule is N#Cc1cccc(C(CCO)NC(=O)OCC2c3ccccc3-c3ccccc32)c1. The van der Waals surface area contributed by atoms with Crippen molar-refractivity contribution in [1.29, 1.82) is 5.26 Å². The predicted octanol–water partition coefficient (Wildman–Crippen LogP) is 4.52. The zero-order chi connectivity index (χ0) is 20.9. The van der Waals surface area contributed by atoms with Gasteiger partial charge in [0.2, 0.25) is 0 Å². The zero-order valence-electron chi connectivity index (χ0n) is 16.4. The van der Waals surface area contributed by atoms with Gasteiger partial charge >= 0.3 is 6.09 Å². The number of nitrogens with one attached hydrogen (secondary N) is 1. The molecule has 4 rings (SSSR count). The Bertz CT molecular complexity index is 1060. The van der Waals surface area contributed by atoms with Crippen LogP contribution in [0.25, 0.3) is 11.1 Å². The van der Waals surface area contributed by atoms with E-state index in [0.29, 0.717) is 12.0 Å². The van der Waals surface area contributed by atoms with Crippen molar-refractivity contribution in [3.63, 3.8) is 0 Å². The van der Waals surface area contributed by atoms with Gasteiger partial charge in [0.1, 0.15) is 6.61 Å². The molecule has 2 N–H and O–H groups in total. The Morgan fingerprint density at radius 3 is 2.33 bits per heavy atom. The van der Waals surface area contributed by atoms with Crippen molar-refractivity contribution in [2.45, 2.75) is 18.4 Å². The summed E-state index contributed by atoms with van der Waals surface area (Å²) in [7, 11) is 0. The number of hydrogen-bond acceptors (Lipinski definition) is 4. The van der Waals surface area contributed by atoms with Crippen molar-refractivity contribution in [2.75, 3.05) is 13.2 Å². The highest BCUT2D eigenvalue weighted by atomic mass is 16.5. The number of aliphatic hydroxyl groups is 1. The Hall–Kier alpha value is -3.62. The van der Waals surface area contributed by atoms with Crippen LogP contribution >= 0.6 is 0 Å². The molecule has 1 unspecified atom stereocenters. The molecule has 30 heavy (non-hydrogen) atoms. The molecule has 150 valence electrons. The quantitative estimate of drug-likeness (QED) is 0.640. The number of amides is 1. The third-order valence-corrected chi connectivity index (χ3v) is 5.47. The normalized spacial score (nSPS) is 13.1. The highest BCUT2D eigenvalue weighted by Crippen LogP contribution is 2.44. The number of benzene rings is 3. The fourth-order valence-electron chi connectivity index (χ4n) is 4.06. The standard InChI is InChI=1S/C25H22N2O3/c26-15-17-6-5-7-18(14-17)24(12-13-28)27-25(29)30-16-23-21-10-3-1-8-19(21)20-9-2-4-11-22(20)23/h1-11,14,23-24,28H,12-13,16H2,(H,27,29). The third kappa shape index (κ3) is 3.91. The maximum Gasteiger partial charge on any atom is 0.407 e. The van der Waals surface area contributed by atoms with E-state index in [0.717, 1.165) is 16.7 Å². The molecule has 0 fully saturated rings. The summed E-state index contributed by atoms with van der Waals surface area (Å²) in [6.07, 6.45) is -0.211. The molecule has 0 heterocycles. The van der Waals surface area contributed by atoms with Gasteiger partial charge in [-0.25, -0.2) is 4.79 Å². The van der Waals surface area contributed by atoms with Gasteiger partial charge in [0, 0.05) is 12.5 Å². The lowest BCUT2D eigenvalue weighted by Gasteiger charge is -2.20. The van der Waals surface area contributed by atoms with Crippen molar-refractivity contribution in [2.24, 2.45) is 0 Å². The molecule has 1 atom stereocenters. The van der Waals surface area contributed by atoms with Crippen LogP contribution in [0.3, 0.4) is 0 Å². The summed E-state index contributed by atoms with van der Waals surface area (Å²) in [6.45, 7) is 0.134. The van der Waals surface area contributed by atoms with Crippen LogP contribution in [-0.2, 0) is 4.74 Å². The summed E-state index contributed by atoms with van der Waals surface area (Å²) in [5.74, 6) is -0.0126. The summed E-state index contributed by atoms with van der Waals surface area (Å²) >= 11 is 0. The van der Waals surface area contributed by atoms with E-state index in [4.69, 9.17) is 10.00 Å². The number of rotatable bonds is 6. The Morgan fingerprint density at radius 2 is 1.70 bits per heavy atom. The average Bonchev–Trinajstić information content (AvgIpc) is 3.11. The summed E-state index contributed by atoms with van der Waals surface area (Å²) in [5, 5.41) is 21.3. The third-order valence-electron chi connectivity index (χ3n) is 5.47. The molecular weight excluding hydrogens is 376 g/mol. The highest BCUT2D eigenvalue weighted by Gasteiger charge is 2.29. The van der Waals surface area contributed by atoms with Crippen LogP contribution in [0.15, 0.2) is 72.8 Å². The van der Waals surface area contributed by atoms with E-state index in [2.05, 4.69) is 35.7 Å². The molecular formula is C25H22N2O3. The van der Waals surface area contributed by atoms with E-state index >= 15 is 0 Å². The maximum absolute atomic E-state index is 12.6. The first-order chi connectivity index (χ1) is 14.7. The molecule has 0 radical (unpaired) electrons. The van der Waals surface area contributed by atoms with Crippen molar-refractivity contribution < 1.29 is 14.6 Å². The number of hydrogen-bond donors (Lipinski definition) is 2. The van der Waals surface area contributed by atoms with Gasteiger partial charge in [-0.2, -0.15) is 5.26 Å². The van der Waals surface area contributed by atoms with Crippen LogP contribution in [0.4, 0.5) is 4.79 Å². The van der Waals surface area contributed by atoms with Crippen molar-refractivity contribution in [3.05, 3.63) is 95.1 Å². The molecule has 0 aromatic heterocycles. The number of fused-ring (bicyclic) bond motifs is 3. The molecule has 0 saturated carbocycles. The van der Waals surface area contributed by atoms with Gasteiger partial charge in [0.15, 0.2) is 0 Å². The minimum absolute atomic E-state index is 0.0126. The average molecular weight is 398 g/mol. The molecule has 0 bridgehead atoms. The van der Waals surface area contributed by atoms with E-state index in [1.54, 1.807) is 18.2 Å². The van der Waals surface area contributed by atoms with Crippen LogP contribution in [0.1, 0.15) is 40.6 Å². The summed E-state index contributed by atoms with van der Waals surface area (Å²) in [4.78, 5) is 12.6. The van der Waals surface area contributed by atoms with Crippen molar-refractivity contribution in [3.8, 4) is 17.2 Å². The van der Waals surface area contributed by atoms with E-state index in [-0.39, 0.29) is 19.1 Å². The second kappa shape index (κ2) is 8.81.